The molecule has 0 saturated carbocycles. The van der Waals surface area contributed by atoms with E-state index in [1.54, 1.807) is 6.08 Å². The molecule has 8 nitrogen and oxygen atoms in total. The van der Waals surface area contributed by atoms with Gasteiger partial charge in [0.1, 0.15) is 6.61 Å². The lowest BCUT2D eigenvalue weighted by molar-refractivity contribution is -0.213. The van der Waals surface area contributed by atoms with E-state index in [1.807, 2.05) is 6.08 Å². The SMILES string of the molecule is CCCCCCCC/C=C/CC(=O)O[C@@H](C)C(=O)OCCC(=O)N1N=C(CCCCC)C[C@@H](CCCCC)O1. The number of hydrogen-bond donors (Lipinski definition) is 0. The van der Waals surface area contributed by atoms with E-state index in [0.717, 1.165) is 81.5 Å². The minimum atomic E-state index is -1.03. The molecule has 0 bridgehead atoms. The molecule has 0 spiro atoms. The maximum absolute atomic E-state index is 12.7. The second kappa shape index (κ2) is 22.6. The zero-order valence-electron chi connectivity index (χ0n) is 25.1. The lowest BCUT2D eigenvalue weighted by Gasteiger charge is -2.29. The Morgan fingerprint density at radius 1 is 0.949 bits per heavy atom. The number of hydroxylamine groups is 1. The van der Waals surface area contributed by atoms with Gasteiger partial charge >= 0.3 is 11.9 Å². The molecule has 0 aliphatic carbocycles. The van der Waals surface area contributed by atoms with E-state index in [9.17, 15) is 14.4 Å². The van der Waals surface area contributed by atoms with Crippen molar-refractivity contribution in [2.24, 2.45) is 5.10 Å². The fraction of sp³-hybridized carbons (Fsp3) is 0.806. The van der Waals surface area contributed by atoms with Gasteiger partial charge in [-0.2, -0.15) is 5.10 Å². The van der Waals surface area contributed by atoms with Gasteiger partial charge in [0.15, 0.2) is 6.10 Å². The molecule has 0 fully saturated rings. The van der Waals surface area contributed by atoms with Gasteiger partial charge in [-0.15, -0.1) is 5.17 Å². The predicted molar refractivity (Wildman–Crippen MR) is 155 cm³/mol. The maximum Gasteiger partial charge on any atom is 0.347 e. The van der Waals surface area contributed by atoms with E-state index in [4.69, 9.17) is 14.3 Å². The van der Waals surface area contributed by atoms with Gasteiger partial charge in [0.25, 0.3) is 5.91 Å². The molecule has 0 radical (unpaired) electrons. The monoisotopic (exact) mass is 550 g/mol. The zero-order chi connectivity index (χ0) is 28.7. The van der Waals surface area contributed by atoms with Gasteiger partial charge in [0, 0.05) is 12.1 Å². The number of nitrogens with zero attached hydrogens (tertiary/aromatic N) is 2. The number of carbonyl (C=O) groups is 3. The van der Waals surface area contributed by atoms with Crippen LogP contribution in [0.25, 0.3) is 0 Å². The number of allylic oxidation sites excluding steroid dienone is 1. The van der Waals surface area contributed by atoms with Crippen LogP contribution >= 0.6 is 0 Å². The Morgan fingerprint density at radius 2 is 1.62 bits per heavy atom. The smallest absolute Gasteiger partial charge is 0.347 e. The van der Waals surface area contributed by atoms with Gasteiger partial charge in [-0.1, -0.05) is 97.1 Å². The second-order valence-corrected chi connectivity index (χ2v) is 10.5. The number of hydrazone groups is 1. The van der Waals surface area contributed by atoms with Gasteiger partial charge in [0.2, 0.25) is 0 Å². The summed E-state index contributed by atoms with van der Waals surface area (Å²) in [6.45, 7) is 7.88. The number of unbranched alkanes of at least 4 members (excludes halogenated alkanes) is 10. The number of rotatable bonds is 22. The van der Waals surface area contributed by atoms with E-state index < -0.39 is 18.0 Å². The molecule has 2 atom stereocenters. The molecule has 0 N–H and O–H groups in total. The Bertz CT molecular complexity index is 751. The fourth-order valence-electron chi connectivity index (χ4n) is 4.34. The van der Waals surface area contributed by atoms with Crippen molar-refractivity contribution < 1.29 is 28.7 Å². The molecular weight excluding hydrogens is 496 g/mol. The Kier molecular flexibility index (Phi) is 20.2. The van der Waals surface area contributed by atoms with Gasteiger partial charge < -0.3 is 9.47 Å². The van der Waals surface area contributed by atoms with Crippen molar-refractivity contribution in [2.45, 2.75) is 155 Å². The molecule has 1 aliphatic heterocycles. The van der Waals surface area contributed by atoms with Gasteiger partial charge in [-0.25, -0.2) is 9.63 Å². The van der Waals surface area contributed by atoms with Crippen molar-refractivity contribution in [3.8, 4) is 0 Å². The summed E-state index contributed by atoms with van der Waals surface area (Å²) in [6, 6.07) is 0. The number of hydrogen-bond acceptors (Lipinski definition) is 7. The van der Waals surface area contributed by atoms with E-state index in [1.165, 1.54) is 39.0 Å². The fourth-order valence-corrected chi connectivity index (χ4v) is 4.34. The summed E-state index contributed by atoms with van der Waals surface area (Å²) < 4.78 is 10.4. The van der Waals surface area contributed by atoms with Crippen molar-refractivity contribution in [3.63, 3.8) is 0 Å². The summed E-state index contributed by atoms with van der Waals surface area (Å²) in [5.41, 5.74) is 0.989. The van der Waals surface area contributed by atoms with Crippen molar-refractivity contribution in [1.82, 2.24) is 5.17 Å². The summed E-state index contributed by atoms with van der Waals surface area (Å²) in [6.07, 6.45) is 20.2. The van der Waals surface area contributed by atoms with Crippen molar-refractivity contribution in [2.75, 3.05) is 6.61 Å². The van der Waals surface area contributed by atoms with Crippen molar-refractivity contribution in [1.29, 1.82) is 0 Å². The first-order valence-electron chi connectivity index (χ1n) is 15.5. The van der Waals surface area contributed by atoms with Crippen molar-refractivity contribution in [3.05, 3.63) is 12.2 Å². The first-order chi connectivity index (χ1) is 18.9. The summed E-state index contributed by atoms with van der Waals surface area (Å²) in [7, 11) is 0. The van der Waals surface area contributed by atoms with Gasteiger partial charge in [0.05, 0.1) is 18.9 Å². The molecule has 39 heavy (non-hydrogen) atoms. The second-order valence-electron chi connectivity index (χ2n) is 10.5. The normalized spacial score (nSPS) is 16.3. The van der Waals surface area contributed by atoms with Crippen LogP contribution in [0.3, 0.4) is 0 Å². The Morgan fingerprint density at radius 3 is 2.36 bits per heavy atom. The molecule has 1 aliphatic rings. The summed E-state index contributed by atoms with van der Waals surface area (Å²) >= 11 is 0. The third-order valence-electron chi connectivity index (χ3n) is 6.73. The Labute approximate surface area is 236 Å². The van der Waals surface area contributed by atoms with Crippen LogP contribution in [0.5, 0.6) is 0 Å². The van der Waals surface area contributed by atoms with Crippen LogP contribution in [0.2, 0.25) is 0 Å². The van der Waals surface area contributed by atoms with E-state index in [-0.39, 0.29) is 31.5 Å². The molecule has 0 aromatic heterocycles. The summed E-state index contributed by atoms with van der Waals surface area (Å²) in [5, 5.41) is 5.52. The molecule has 0 unspecified atom stereocenters. The average Bonchev–Trinajstić information content (AvgIpc) is 2.92. The third kappa shape index (κ3) is 17.2. The lowest BCUT2D eigenvalue weighted by Crippen LogP contribution is -2.38. The highest BCUT2D eigenvalue weighted by atomic mass is 16.7. The van der Waals surface area contributed by atoms with Crippen LogP contribution in [0.15, 0.2) is 17.3 Å². The highest BCUT2D eigenvalue weighted by molar-refractivity contribution is 5.87. The quantitative estimate of drug-likeness (QED) is 0.0782. The van der Waals surface area contributed by atoms with Crippen LogP contribution < -0.4 is 0 Å². The van der Waals surface area contributed by atoms with Crippen LogP contribution in [-0.2, 0) is 28.7 Å². The lowest BCUT2D eigenvalue weighted by atomic mass is 10.0. The largest absolute Gasteiger partial charge is 0.462 e. The number of ether oxygens (including phenoxy) is 2. The molecule has 8 heteroatoms. The van der Waals surface area contributed by atoms with Crippen LogP contribution in [0.4, 0.5) is 0 Å². The molecule has 0 saturated heterocycles. The third-order valence-corrected chi connectivity index (χ3v) is 6.73. The van der Waals surface area contributed by atoms with E-state index >= 15 is 0 Å². The molecule has 1 heterocycles. The van der Waals surface area contributed by atoms with Crippen LogP contribution in [-0.4, -0.2) is 47.5 Å². The van der Waals surface area contributed by atoms with E-state index in [2.05, 4.69) is 25.9 Å². The van der Waals surface area contributed by atoms with Crippen LogP contribution in [0.1, 0.15) is 143 Å². The predicted octanol–water partition coefficient (Wildman–Crippen LogP) is 7.60. The molecule has 1 amide bonds. The molecule has 0 aromatic rings. The van der Waals surface area contributed by atoms with Crippen molar-refractivity contribution >= 4 is 23.6 Å². The minimum absolute atomic E-state index is 0.0546. The Hall–Kier alpha value is -2.22. The Balaban J connectivity index is 2.36. The minimum Gasteiger partial charge on any atom is -0.462 e. The number of carbonyl (C=O) groups excluding carboxylic acids is 3. The highest BCUT2D eigenvalue weighted by Crippen LogP contribution is 2.21. The number of amides is 1. The highest BCUT2D eigenvalue weighted by Gasteiger charge is 2.27. The summed E-state index contributed by atoms with van der Waals surface area (Å²) in [5.74, 6) is -1.50. The molecule has 0 aromatic carbocycles. The number of esters is 2. The van der Waals surface area contributed by atoms with Gasteiger partial charge in [-0.3, -0.25) is 9.59 Å². The van der Waals surface area contributed by atoms with E-state index in [0.29, 0.717) is 0 Å². The molecule has 224 valence electrons. The average molecular weight is 551 g/mol. The first-order valence-corrected chi connectivity index (χ1v) is 15.5. The standard InChI is InChI=1S/C31H54N2O6/c1-5-8-11-12-13-14-15-16-19-22-30(35)38-26(4)31(36)37-24-23-29(34)33-32-27(20-17-9-6-2)25-28(39-33)21-18-10-7-3/h16,19,26,28H,5-15,17-18,20-25H2,1-4H3/b19-16+/t26-,28+/m0/s1. The molecular formula is C31H54N2O6. The van der Waals surface area contributed by atoms with Crippen LogP contribution in [0, 0.1) is 0 Å². The zero-order valence-corrected chi connectivity index (χ0v) is 25.1. The molecule has 1 rings (SSSR count). The first kappa shape index (κ1) is 34.8. The van der Waals surface area contributed by atoms with Gasteiger partial charge in [-0.05, 0) is 39.0 Å². The topological polar surface area (TPSA) is 94.5 Å². The summed E-state index contributed by atoms with van der Waals surface area (Å²) in [4.78, 5) is 42.9. The maximum atomic E-state index is 12.7.